The van der Waals surface area contributed by atoms with Gasteiger partial charge in [0.15, 0.2) is 0 Å². The lowest BCUT2D eigenvalue weighted by Gasteiger charge is -2.35. The first-order valence-corrected chi connectivity index (χ1v) is 8.59. The van der Waals surface area contributed by atoms with E-state index in [0.717, 1.165) is 17.8 Å². The highest BCUT2D eigenvalue weighted by molar-refractivity contribution is 5.36. The van der Waals surface area contributed by atoms with Crippen molar-refractivity contribution in [2.24, 2.45) is 11.8 Å². The van der Waals surface area contributed by atoms with Crippen LogP contribution in [0.5, 0.6) is 0 Å². The zero-order valence-electron chi connectivity index (χ0n) is 12.7. The Morgan fingerprint density at radius 3 is 2.45 bits per heavy atom. The molecule has 0 radical (unpaired) electrons. The molecule has 3 atom stereocenters. The summed E-state index contributed by atoms with van der Waals surface area (Å²) < 4.78 is 0. The average Bonchev–Trinajstić information content (AvgIpc) is 3.22. The lowest BCUT2D eigenvalue weighted by Crippen LogP contribution is -2.37. The van der Waals surface area contributed by atoms with Crippen molar-refractivity contribution in [3.05, 3.63) is 35.4 Å². The molecule has 108 valence electrons. The van der Waals surface area contributed by atoms with Crippen LogP contribution in [-0.2, 0) is 5.41 Å². The molecule has 4 rings (SSSR count). The number of fused-ring (bicyclic) bond motifs is 1. The van der Waals surface area contributed by atoms with Gasteiger partial charge in [0.05, 0.1) is 0 Å². The molecule has 2 aliphatic carbocycles. The van der Waals surface area contributed by atoms with E-state index in [9.17, 15) is 0 Å². The van der Waals surface area contributed by atoms with Crippen LogP contribution in [-0.4, -0.2) is 13.1 Å². The summed E-state index contributed by atoms with van der Waals surface area (Å²) in [7, 11) is 0. The highest BCUT2D eigenvalue weighted by Crippen LogP contribution is 2.61. The second-order valence-corrected chi connectivity index (χ2v) is 7.57. The summed E-state index contributed by atoms with van der Waals surface area (Å²) in [6.07, 6.45) is 8.49. The van der Waals surface area contributed by atoms with Crippen LogP contribution in [0, 0.1) is 11.8 Å². The molecule has 3 fully saturated rings. The molecule has 1 saturated heterocycles. The van der Waals surface area contributed by atoms with E-state index in [1.54, 1.807) is 11.1 Å². The van der Waals surface area contributed by atoms with Crippen LogP contribution in [0.4, 0.5) is 0 Å². The number of hydrogen-bond acceptors (Lipinski definition) is 1. The van der Waals surface area contributed by atoms with Gasteiger partial charge in [-0.2, -0.15) is 0 Å². The van der Waals surface area contributed by atoms with Crippen molar-refractivity contribution in [3.63, 3.8) is 0 Å². The van der Waals surface area contributed by atoms with Crippen molar-refractivity contribution in [1.82, 2.24) is 5.32 Å². The molecule has 1 heteroatoms. The van der Waals surface area contributed by atoms with Gasteiger partial charge < -0.3 is 5.32 Å². The minimum absolute atomic E-state index is 0.404. The minimum Gasteiger partial charge on any atom is -0.317 e. The predicted octanol–water partition coefficient (Wildman–Crippen LogP) is 4.23. The molecule has 2 saturated carbocycles. The van der Waals surface area contributed by atoms with E-state index in [-0.39, 0.29) is 0 Å². The molecule has 1 unspecified atom stereocenters. The lowest BCUT2D eigenvalue weighted by atomic mass is 9.74. The first-order valence-electron chi connectivity index (χ1n) is 8.59. The third kappa shape index (κ3) is 2.11. The molecular weight excluding hydrogens is 242 g/mol. The smallest absolute Gasteiger partial charge is 0.00405 e. The summed E-state index contributed by atoms with van der Waals surface area (Å²) in [5, 5.41) is 3.50. The van der Waals surface area contributed by atoms with Crippen LogP contribution in [0.3, 0.4) is 0 Å². The summed E-state index contributed by atoms with van der Waals surface area (Å²) in [4.78, 5) is 0. The van der Waals surface area contributed by atoms with Crippen molar-refractivity contribution in [2.45, 2.75) is 56.8 Å². The van der Waals surface area contributed by atoms with Gasteiger partial charge in [0, 0.05) is 0 Å². The second kappa shape index (κ2) is 4.87. The average molecular weight is 269 g/mol. The summed E-state index contributed by atoms with van der Waals surface area (Å²) in [6, 6.07) is 9.66. The van der Waals surface area contributed by atoms with E-state index in [0.29, 0.717) is 5.41 Å². The molecule has 1 N–H and O–H groups in total. The molecule has 1 aromatic carbocycles. The molecule has 20 heavy (non-hydrogen) atoms. The Labute approximate surface area is 123 Å². The predicted molar refractivity (Wildman–Crippen MR) is 84.1 cm³/mol. The molecule has 1 aromatic rings. The van der Waals surface area contributed by atoms with E-state index in [4.69, 9.17) is 0 Å². The Hall–Kier alpha value is -0.820. The fourth-order valence-electron chi connectivity index (χ4n) is 4.88. The van der Waals surface area contributed by atoms with Crippen LogP contribution in [0.15, 0.2) is 24.3 Å². The van der Waals surface area contributed by atoms with E-state index in [2.05, 4.69) is 36.5 Å². The maximum atomic E-state index is 3.50. The van der Waals surface area contributed by atoms with Gasteiger partial charge in [0.2, 0.25) is 0 Å². The Balaban J connectivity index is 1.59. The van der Waals surface area contributed by atoms with Gasteiger partial charge in [-0.25, -0.2) is 0 Å². The zero-order valence-corrected chi connectivity index (χ0v) is 12.7. The number of piperidine rings is 1. The normalized spacial score (nSPS) is 35.4. The molecular formula is C19H27N. The van der Waals surface area contributed by atoms with Gasteiger partial charge in [0.1, 0.15) is 0 Å². The zero-order chi connectivity index (χ0) is 13.6. The molecule has 0 amide bonds. The standard InChI is InChI=1S/C19H27N/c1-19(9-11-20-12-10-19)15-6-4-5-14(13-15)18-16-7-2-3-8-17(16)18/h4-6,13,16-18,20H,2-3,7-12H2,1H3/t16-,17+,18?. The maximum Gasteiger partial charge on any atom is -0.00405 e. The molecule has 3 aliphatic rings. The van der Waals surface area contributed by atoms with Gasteiger partial charge in [0.25, 0.3) is 0 Å². The van der Waals surface area contributed by atoms with E-state index in [1.807, 2.05) is 0 Å². The monoisotopic (exact) mass is 269 g/mol. The van der Waals surface area contributed by atoms with Gasteiger partial charge in [-0.05, 0) is 73.1 Å². The first-order chi connectivity index (χ1) is 9.78. The largest absolute Gasteiger partial charge is 0.317 e. The Morgan fingerprint density at radius 1 is 1.05 bits per heavy atom. The van der Waals surface area contributed by atoms with Crippen molar-refractivity contribution in [2.75, 3.05) is 13.1 Å². The van der Waals surface area contributed by atoms with Crippen LogP contribution in [0.2, 0.25) is 0 Å². The van der Waals surface area contributed by atoms with E-state index < -0.39 is 0 Å². The highest BCUT2D eigenvalue weighted by atomic mass is 14.9. The van der Waals surface area contributed by atoms with Crippen LogP contribution in [0.1, 0.15) is 62.5 Å². The first kappa shape index (κ1) is 12.9. The fourth-order valence-corrected chi connectivity index (χ4v) is 4.88. The van der Waals surface area contributed by atoms with Crippen molar-refractivity contribution in [1.29, 1.82) is 0 Å². The molecule has 1 nitrogen and oxygen atoms in total. The Bertz CT molecular complexity index is 474. The highest BCUT2D eigenvalue weighted by Gasteiger charge is 2.51. The Morgan fingerprint density at radius 2 is 1.75 bits per heavy atom. The maximum absolute atomic E-state index is 3.50. The fraction of sp³-hybridized carbons (Fsp3) is 0.684. The van der Waals surface area contributed by atoms with Gasteiger partial charge >= 0.3 is 0 Å². The third-order valence-electron chi connectivity index (χ3n) is 6.33. The number of rotatable bonds is 2. The SMILES string of the molecule is CC1(c2cccc(C3[C@H]4CCCC[C@@H]34)c2)CCNCC1. The second-order valence-electron chi connectivity index (χ2n) is 7.57. The lowest BCUT2D eigenvalue weighted by molar-refractivity contribution is 0.335. The van der Waals surface area contributed by atoms with Crippen LogP contribution < -0.4 is 5.32 Å². The van der Waals surface area contributed by atoms with E-state index in [1.165, 1.54) is 51.6 Å². The molecule has 1 heterocycles. The van der Waals surface area contributed by atoms with Gasteiger partial charge in [-0.3, -0.25) is 0 Å². The van der Waals surface area contributed by atoms with Crippen LogP contribution >= 0.6 is 0 Å². The van der Waals surface area contributed by atoms with Crippen molar-refractivity contribution < 1.29 is 0 Å². The topological polar surface area (TPSA) is 12.0 Å². The quantitative estimate of drug-likeness (QED) is 0.847. The molecule has 0 spiro atoms. The van der Waals surface area contributed by atoms with E-state index >= 15 is 0 Å². The third-order valence-corrected chi connectivity index (χ3v) is 6.33. The summed E-state index contributed by atoms with van der Waals surface area (Å²) in [5.74, 6) is 2.96. The summed E-state index contributed by atoms with van der Waals surface area (Å²) in [6.45, 7) is 4.82. The van der Waals surface area contributed by atoms with Gasteiger partial charge in [-0.15, -0.1) is 0 Å². The summed E-state index contributed by atoms with van der Waals surface area (Å²) in [5.41, 5.74) is 3.65. The number of nitrogens with one attached hydrogen (secondary N) is 1. The summed E-state index contributed by atoms with van der Waals surface area (Å²) >= 11 is 0. The number of benzene rings is 1. The molecule has 0 aromatic heterocycles. The number of hydrogen-bond donors (Lipinski definition) is 1. The Kier molecular flexibility index (Phi) is 3.14. The molecule has 1 aliphatic heterocycles. The van der Waals surface area contributed by atoms with Gasteiger partial charge in [-0.1, -0.05) is 44.0 Å². The molecule has 0 bridgehead atoms. The van der Waals surface area contributed by atoms with Crippen molar-refractivity contribution in [3.8, 4) is 0 Å². The van der Waals surface area contributed by atoms with Crippen molar-refractivity contribution >= 4 is 0 Å². The van der Waals surface area contributed by atoms with Crippen LogP contribution in [0.25, 0.3) is 0 Å². The minimum atomic E-state index is 0.404.